The van der Waals surface area contributed by atoms with E-state index in [-0.39, 0.29) is 85.7 Å². The second-order valence-corrected chi connectivity index (χ2v) is 33.0. The third-order valence-electron chi connectivity index (χ3n) is 22.4. The Balaban J connectivity index is 1.05. The molecule has 2 saturated carbocycles. The van der Waals surface area contributed by atoms with Gasteiger partial charge < -0.3 is 80.8 Å². The van der Waals surface area contributed by atoms with E-state index in [4.69, 9.17) is 28.4 Å². The summed E-state index contributed by atoms with van der Waals surface area (Å²) in [5.74, 6) is -13.1. The molecule has 2 heterocycles. The summed E-state index contributed by atoms with van der Waals surface area (Å²) in [5, 5.41) is 43.4. The zero-order chi connectivity index (χ0) is 83.1. The van der Waals surface area contributed by atoms with E-state index in [1.165, 1.54) is 37.8 Å². The number of ketones is 2. The Morgan fingerprint density at radius 1 is 0.723 bits per heavy atom. The summed E-state index contributed by atoms with van der Waals surface area (Å²) in [7, 11) is 0. The number of unbranched alkanes of at least 4 members (excludes halogenated alkanes) is 2. The predicted molar refractivity (Wildman–Crippen MR) is 407 cm³/mol. The number of benzene rings is 2. The van der Waals surface area contributed by atoms with Gasteiger partial charge in [-0.1, -0.05) is 137 Å². The fraction of sp³-hybridized carbons (Fsp3) is 0.659. The lowest BCUT2D eigenvalue weighted by Crippen LogP contribution is -2.79. The standard InChI is InChI=1S/C82H118N8O22/c1-17-19-22-33-53(48(9)91)85-59(94)41-84-75(103)65(46(7)18-2)88-72(100)54(38-44(3)4)86-60(95)42-83-74(102)64(45(5)6)87-73(101)55-34-28-37-90(55)61(96)35-27-36-62(97)109-69(66(50-29-23-20-24-30-50)89-78(106)112-79(11,12)13)77(105)108-56-39-52-68(110-76(104)51-31-25-21-26-32-51)70-81(16,71(99)67(98)63(47(56)8)80(52,14)15)57(93)40-58-82(70,43-107-58)111-49(10)92/h20-21,23-26,29-32,44-46,52-58,64-70,93,98H,17-19,22,27-28,33-43H2,1-16H3,(H,83,102)(H,84,103)(H,85,94)(H,86,95)(H,87,101)(H,88,100)(H,89,106)/t46?,52-,53?,54?,55?,56-,57-,58+,64?,65?,66-,67?,68+,69+,70-,81+,82-/m0/s1. The first-order chi connectivity index (χ1) is 52.6. The van der Waals surface area contributed by atoms with Gasteiger partial charge in [0.25, 0.3) is 0 Å². The molecule has 9 N–H and O–H groups in total. The van der Waals surface area contributed by atoms with E-state index in [9.17, 15) is 67.7 Å². The molecule has 2 aromatic carbocycles. The SMILES string of the molecule is CCCCCC(NC(=O)CNC(=O)C(NC(=O)C(CC(C)C)NC(=O)CNC(=O)C(NC(=O)C1CCCN1C(=O)CCCC(=O)O[C@@H](C(=O)O[C@H]1C[C@H]2[C@@H](OC(=O)c3ccccc3)[C@@H]3[C@]4(OC(C)=O)CO[C@@H]4C[C@H](O)[C@@]3(C)C(=O)C(O)C(=C1C)C2(C)C)[C@@H](NC(=O)OC(C)(C)C)c1ccccc1)C(C)C)C(C)CC)C(C)=O. The van der Waals surface area contributed by atoms with Crippen molar-refractivity contribution in [1.82, 2.24) is 42.1 Å². The molecule has 0 radical (unpaired) electrons. The Kier molecular flexibility index (Phi) is 31.4. The lowest BCUT2D eigenvalue weighted by molar-refractivity contribution is -0.335. The third kappa shape index (κ3) is 22.0. The first-order valence-electron chi connectivity index (χ1n) is 39.3. The summed E-state index contributed by atoms with van der Waals surface area (Å²) >= 11 is 0. The maximum Gasteiger partial charge on any atom is 0.408 e. The molecular formula is C82H118N8O22. The molecule has 8 amide bonds. The number of esters is 4. The van der Waals surface area contributed by atoms with Crippen LogP contribution >= 0.6 is 0 Å². The number of hydrogen-bond donors (Lipinski definition) is 9. The zero-order valence-corrected chi connectivity index (χ0v) is 67.6. The number of hydrogen-bond acceptors (Lipinski definition) is 22. The van der Waals surface area contributed by atoms with E-state index in [0.29, 0.717) is 19.3 Å². The summed E-state index contributed by atoms with van der Waals surface area (Å²) in [6, 6.07) is 9.18. The maximum atomic E-state index is 15.5. The highest BCUT2D eigenvalue weighted by Crippen LogP contribution is 2.63. The Labute approximate surface area is 655 Å². The molecule has 3 aliphatic carbocycles. The average molecular weight is 1570 g/mol. The first kappa shape index (κ1) is 90.0. The van der Waals surface area contributed by atoms with Crippen molar-refractivity contribution >= 4 is 82.9 Å². The normalized spacial score (nSPS) is 25.0. The van der Waals surface area contributed by atoms with Gasteiger partial charge in [0.2, 0.25) is 47.5 Å². The van der Waals surface area contributed by atoms with Crippen LogP contribution in [-0.2, 0) is 86.0 Å². The zero-order valence-electron chi connectivity index (χ0n) is 67.6. The Bertz CT molecular complexity index is 3780. The fourth-order valence-electron chi connectivity index (χ4n) is 16.3. The molecule has 5 aliphatic rings. The summed E-state index contributed by atoms with van der Waals surface area (Å²) < 4.78 is 37.0. The topological polar surface area (TPSA) is 422 Å². The summed E-state index contributed by atoms with van der Waals surface area (Å²) in [4.78, 5) is 197. The number of carbonyl (C=O) groups excluding carboxylic acids is 14. The van der Waals surface area contributed by atoms with Gasteiger partial charge in [0, 0.05) is 38.6 Å². The van der Waals surface area contributed by atoms with E-state index in [2.05, 4.69) is 37.2 Å². The molecule has 0 spiro atoms. The van der Waals surface area contributed by atoms with E-state index in [0.717, 1.165) is 19.3 Å². The Hall–Kier alpha value is -9.16. The van der Waals surface area contributed by atoms with Gasteiger partial charge >= 0.3 is 30.0 Å². The third-order valence-corrected chi connectivity index (χ3v) is 22.4. The molecule has 2 aliphatic heterocycles. The van der Waals surface area contributed by atoms with Crippen LogP contribution in [0.2, 0.25) is 0 Å². The second kappa shape index (κ2) is 39.1. The van der Waals surface area contributed by atoms with Crippen LogP contribution in [0.4, 0.5) is 4.79 Å². The van der Waals surface area contributed by atoms with Crippen LogP contribution in [-0.4, -0.2) is 202 Å². The van der Waals surface area contributed by atoms with Crippen molar-refractivity contribution in [2.75, 3.05) is 26.2 Å². The molecule has 112 heavy (non-hydrogen) atoms. The molecule has 30 nitrogen and oxygen atoms in total. The van der Waals surface area contributed by atoms with E-state index in [1.807, 2.05) is 27.7 Å². The molecule has 17 atom stereocenters. The van der Waals surface area contributed by atoms with Gasteiger partial charge in [-0.25, -0.2) is 14.4 Å². The van der Waals surface area contributed by atoms with Crippen molar-refractivity contribution in [2.45, 2.75) is 278 Å². The van der Waals surface area contributed by atoms with Gasteiger partial charge in [0.15, 0.2) is 17.2 Å². The second-order valence-electron chi connectivity index (χ2n) is 33.0. The van der Waals surface area contributed by atoms with Crippen LogP contribution in [0, 0.1) is 40.4 Å². The fourth-order valence-corrected chi connectivity index (χ4v) is 16.3. The minimum Gasteiger partial charge on any atom is -0.458 e. The molecule has 618 valence electrons. The molecule has 7 rings (SSSR count). The van der Waals surface area contributed by atoms with Gasteiger partial charge in [-0.2, -0.15) is 0 Å². The molecule has 30 heteroatoms. The highest BCUT2D eigenvalue weighted by Gasteiger charge is 2.75. The van der Waals surface area contributed by atoms with Crippen LogP contribution in [0.15, 0.2) is 71.8 Å². The van der Waals surface area contributed by atoms with Crippen molar-refractivity contribution in [3.8, 4) is 0 Å². The lowest BCUT2D eigenvalue weighted by Gasteiger charge is -2.65. The van der Waals surface area contributed by atoms with E-state index >= 15 is 9.59 Å². The summed E-state index contributed by atoms with van der Waals surface area (Å²) in [5.41, 5.74) is -5.39. The highest BCUT2D eigenvalue weighted by molar-refractivity contribution is 5.98. The van der Waals surface area contributed by atoms with Crippen molar-refractivity contribution < 1.29 is 106 Å². The smallest absolute Gasteiger partial charge is 0.408 e. The van der Waals surface area contributed by atoms with Crippen LogP contribution in [0.25, 0.3) is 0 Å². The molecule has 2 bridgehead atoms. The van der Waals surface area contributed by atoms with Crippen molar-refractivity contribution in [3.05, 3.63) is 82.9 Å². The molecule has 7 unspecified atom stereocenters. The van der Waals surface area contributed by atoms with Crippen molar-refractivity contribution in [3.63, 3.8) is 0 Å². The lowest BCUT2D eigenvalue weighted by atomic mass is 9.46. The number of nitrogens with zero attached hydrogens (tertiary/aromatic N) is 1. The van der Waals surface area contributed by atoms with Crippen molar-refractivity contribution in [1.29, 1.82) is 0 Å². The minimum absolute atomic E-state index is 0.0781. The van der Waals surface area contributed by atoms with Crippen LogP contribution in [0.5, 0.6) is 0 Å². The van der Waals surface area contributed by atoms with Gasteiger partial charge in [-0.3, -0.25) is 52.7 Å². The molecular weight excluding hydrogens is 1450 g/mol. The first-order valence-corrected chi connectivity index (χ1v) is 39.3. The van der Waals surface area contributed by atoms with E-state index < -0.39 is 215 Å². The van der Waals surface area contributed by atoms with Gasteiger partial charge in [-0.05, 0) is 132 Å². The van der Waals surface area contributed by atoms with Crippen LogP contribution in [0.1, 0.15) is 216 Å². The molecule has 4 fully saturated rings. The molecule has 0 aromatic heterocycles. The number of fused-ring (bicyclic) bond motifs is 5. The number of ether oxygens (including phenoxy) is 6. The van der Waals surface area contributed by atoms with Gasteiger partial charge in [0.1, 0.15) is 60.2 Å². The van der Waals surface area contributed by atoms with Gasteiger partial charge in [0.05, 0.1) is 48.7 Å². The average Bonchev–Trinajstić information content (AvgIpc) is 0.703. The Morgan fingerprint density at radius 3 is 1.90 bits per heavy atom. The van der Waals surface area contributed by atoms with Crippen LogP contribution in [0.3, 0.4) is 0 Å². The van der Waals surface area contributed by atoms with Gasteiger partial charge in [-0.15, -0.1) is 0 Å². The number of amides is 8. The monoisotopic (exact) mass is 1570 g/mol. The molecule has 2 saturated heterocycles. The Morgan fingerprint density at radius 2 is 1.34 bits per heavy atom. The largest absolute Gasteiger partial charge is 0.458 e. The number of likely N-dealkylation sites (tertiary alicyclic amines) is 1. The van der Waals surface area contributed by atoms with E-state index in [1.54, 1.807) is 111 Å². The van der Waals surface area contributed by atoms with Crippen LogP contribution < -0.4 is 37.2 Å². The van der Waals surface area contributed by atoms with Crippen molar-refractivity contribution in [2.24, 2.45) is 40.4 Å². The summed E-state index contributed by atoms with van der Waals surface area (Å²) in [6.45, 7) is 25.2. The maximum absolute atomic E-state index is 15.5. The number of alkyl carbamates (subject to hydrolysis) is 1. The quantitative estimate of drug-likeness (QED) is 0.0167. The number of aliphatic hydroxyl groups excluding tert-OH is 2. The predicted octanol–water partition coefficient (Wildman–Crippen LogP) is 5.95. The summed E-state index contributed by atoms with van der Waals surface area (Å²) in [6.07, 6.45) is -7.65. The number of rotatable bonds is 35. The number of Topliss-reactive ketones (excluding diaryl/α,β-unsaturated/α-hetero) is 2. The number of carbonyl (C=O) groups is 14. The number of aliphatic hydroxyl groups is 2. The highest BCUT2D eigenvalue weighted by atomic mass is 16.6. The minimum atomic E-state index is -2.04. The number of nitrogens with one attached hydrogen (secondary N) is 7. The molecule has 2 aromatic rings.